The number of hydrogen-bond acceptors (Lipinski definition) is 3. The summed E-state index contributed by atoms with van der Waals surface area (Å²) in [7, 11) is 0. The summed E-state index contributed by atoms with van der Waals surface area (Å²) in [5.41, 5.74) is 14.5. The van der Waals surface area contributed by atoms with Gasteiger partial charge in [0.05, 0.1) is 22.4 Å². The van der Waals surface area contributed by atoms with E-state index in [2.05, 4.69) is 193 Å². The Morgan fingerprint density at radius 2 is 0.862 bits per heavy atom. The topological polar surface area (TPSA) is 30.7 Å². The van der Waals surface area contributed by atoms with Gasteiger partial charge in [-0.2, -0.15) is 0 Å². The molecule has 0 spiro atoms. The molecule has 3 aromatic heterocycles. The van der Waals surface area contributed by atoms with Crippen molar-refractivity contribution in [2.45, 2.75) is 0 Å². The summed E-state index contributed by atoms with van der Waals surface area (Å²) in [6.45, 7) is 0. The largest absolute Gasteiger partial charge is 0.309 e. The molecule has 4 heteroatoms. The van der Waals surface area contributed by atoms with Gasteiger partial charge in [-0.25, -0.2) is 9.97 Å². The van der Waals surface area contributed by atoms with Gasteiger partial charge >= 0.3 is 0 Å². The molecule has 11 aromatic rings. The van der Waals surface area contributed by atoms with Crippen molar-refractivity contribution in [3.05, 3.63) is 212 Å². The first kappa shape index (κ1) is 33.9. The Labute approximate surface area is 340 Å². The van der Waals surface area contributed by atoms with Gasteiger partial charge in [0.15, 0.2) is 5.82 Å². The number of fused-ring (bicyclic) bond motifs is 5. The first-order chi connectivity index (χ1) is 28.8. The van der Waals surface area contributed by atoms with Gasteiger partial charge in [0, 0.05) is 53.7 Å². The molecule has 3 heterocycles. The van der Waals surface area contributed by atoms with E-state index in [1.807, 2.05) is 35.6 Å². The number of benzene rings is 8. The first-order valence-corrected chi connectivity index (χ1v) is 20.4. The van der Waals surface area contributed by atoms with Crippen LogP contribution in [0.5, 0.6) is 0 Å². The van der Waals surface area contributed by atoms with Crippen LogP contribution in [0.25, 0.3) is 104 Å². The van der Waals surface area contributed by atoms with E-state index < -0.39 is 0 Å². The number of thiophene rings is 1. The van der Waals surface area contributed by atoms with E-state index in [0.717, 1.165) is 33.8 Å². The van der Waals surface area contributed by atoms with E-state index in [1.165, 1.54) is 64.6 Å². The summed E-state index contributed by atoms with van der Waals surface area (Å²) in [6.07, 6.45) is 0. The van der Waals surface area contributed by atoms with Crippen molar-refractivity contribution in [1.29, 1.82) is 0 Å². The van der Waals surface area contributed by atoms with Crippen LogP contribution in [0.3, 0.4) is 0 Å². The van der Waals surface area contributed by atoms with E-state index in [0.29, 0.717) is 5.82 Å². The van der Waals surface area contributed by atoms with Crippen LogP contribution in [-0.4, -0.2) is 14.5 Å². The molecular weight excluding hydrogens is 723 g/mol. The molecule has 0 aliphatic heterocycles. The van der Waals surface area contributed by atoms with Crippen LogP contribution in [0, 0.1) is 0 Å². The molecule has 0 aliphatic rings. The summed E-state index contributed by atoms with van der Waals surface area (Å²) in [5, 5.41) is 3.82. The Morgan fingerprint density at radius 3 is 1.50 bits per heavy atom. The van der Waals surface area contributed by atoms with Crippen molar-refractivity contribution < 1.29 is 0 Å². The van der Waals surface area contributed by atoms with Gasteiger partial charge < -0.3 is 4.57 Å². The summed E-state index contributed by atoms with van der Waals surface area (Å²) < 4.78 is 3.72. The minimum atomic E-state index is 0.705. The van der Waals surface area contributed by atoms with Crippen LogP contribution < -0.4 is 0 Å². The molecule has 0 bridgehead atoms. The highest BCUT2D eigenvalue weighted by Crippen LogP contribution is 2.49. The predicted molar refractivity (Wildman–Crippen MR) is 244 cm³/mol. The van der Waals surface area contributed by atoms with Gasteiger partial charge in [0.1, 0.15) is 0 Å². The second-order valence-corrected chi connectivity index (χ2v) is 15.6. The lowest BCUT2D eigenvalue weighted by Crippen LogP contribution is -1.97. The van der Waals surface area contributed by atoms with Crippen molar-refractivity contribution in [1.82, 2.24) is 14.5 Å². The molecule has 0 saturated carbocycles. The molecule has 0 aliphatic carbocycles. The smallest absolute Gasteiger partial charge is 0.160 e. The Hall–Kier alpha value is -7.40. The molecule has 272 valence electrons. The molecule has 58 heavy (non-hydrogen) atoms. The van der Waals surface area contributed by atoms with Gasteiger partial charge in [0.25, 0.3) is 0 Å². The van der Waals surface area contributed by atoms with Crippen LogP contribution >= 0.6 is 11.3 Å². The highest BCUT2D eigenvalue weighted by molar-refractivity contribution is 7.24. The molecule has 0 atom stereocenters. The van der Waals surface area contributed by atoms with Crippen molar-refractivity contribution in [3.8, 4) is 72.3 Å². The Bertz CT molecular complexity index is 3220. The maximum atomic E-state index is 5.13. The minimum absolute atomic E-state index is 0.705. The zero-order valence-corrected chi connectivity index (χ0v) is 32.3. The maximum Gasteiger partial charge on any atom is 0.160 e. The van der Waals surface area contributed by atoms with E-state index >= 15 is 0 Å². The fourth-order valence-electron chi connectivity index (χ4n) is 8.27. The average Bonchev–Trinajstić information content (AvgIpc) is 3.87. The van der Waals surface area contributed by atoms with Crippen molar-refractivity contribution >= 4 is 43.2 Å². The molecule has 0 amide bonds. The Morgan fingerprint density at radius 1 is 0.362 bits per heavy atom. The highest BCUT2D eigenvalue weighted by Gasteiger charge is 2.22. The number of hydrogen-bond donors (Lipinski definition) is 0. The number of para-hydroxylation sites is 1. The van der Waals surface area contributed by atoms with Crippen LogP contribution in [0.4, 0.5) is 0 Å². The molecule has 0 N–H and O–H groups in total. The van der Waals surface area contributed by atoms with Gasteiger partial charge in [-0.05, 0) is 52.6 Å². The Kier molecular flexibility index (Phi) is 8.34. The van der Waals surface area contributed by atoms with Crippen LogP contribution in [-0.2, 0) is 0 Å². The quantitative estimate of drug-likeness (QED) is 0.162. The van der Waals surface area contributed by atoms with Gasteiger partial charge in [-0.1, -0.05) is 182 Å². The SMILES string of the molecule is c1ccc(-c2ccc(-c3cc(-c4ccc(-n5c6ccccc6c6c7sc(-c8ccccc8)c(-c8ccccc8)c7ccc65)cc4)nc(-c4ccccc4)n3)cc2)cc1. The molecule has 8 aromatic carbocycles. The van der Waals surface area contributed by atoms with Crippen LogP contribution in [0.2, 0.25) is 0 Å². The fourth-order valence-corrected chi connectivity index (χ4v) is 9.66. The van der Waals surface area contributed by atoms with E-state index in [1.54, 1.807) is 0 Å². The fraction of sp³-hybridized carbons (Fsp3) is 0. The highest BCUT2D eigenvalue weighted by atomic mass is 32.1. The second kappa shape index (κ2) is 14.3. The maximum absolute atomic E-state index is 5.13. The van der Waals surface area contributed by atoms with Crippen LogP contribution in [0.15, 0.2) is 212 Å². The molecule has 0 radical (unpaired) electrons. The van der Waals surface area contributed by atoms with Gasteiger partial charge in [0.2, 0.25) is 0 Å². The Balaban J connectivity index is 1.04. The summed E-state index contributed by atoms with van der Waals surface area (Å²) >= 11 is 1.90. The standard InChI is InChI=1S/C54H35N3S/c1-5-15-36(16-6-1)37-25-27-38(28-26-37)46-35-47(56-54(55-46)42-21-11-4-12-22-42)39-29-31-43(32-30-39)57-48-24-14-13-23-44(48)51-49(57)34-33-45-50(40-17-7-2-8-18-40)52(58-53(45)51)41-19-9-3-10-20-41/h1-35H. The van der Waals surface area contributed by atoms with Gasteiger partial charge in [-0.15, -0.1) is 11.3 Å². The van der Waals surface area contributed by atoms with Crippen molar-refractivity contribution in [2.24, 2.45) is 0 Å². The molecule has 0 fully saturated rings. The predicted octanol–water partition coefficient (Wildman–Crippen LogP) is 14.8. The zero-order chi connectivity index (χ0) is 38.4. The normalized spacial score (nSPS) is 11.4. The lowest BCUT2D eigenvalue weighted by molar-refractivity contribution is 1.17. The van der Waals surface area contributed by atoms with E-state index in [-0.39, 0.29) is 0 Å². The third kappa shape index (κ3) is 5.90. The number of aromatic nitrogens is 3. The van der Waals surface area contributed by atoms with Crippen LogP contribution in [0.1, 0.15) is 0 Å². The van der Waals surface area contributed by atoms with Crippen molar-refractivity contribution in [2.75, 3.05) is 0 Å². The summed E-state index contributed by atoms with van der Waals surface area (Å²) in [6, 6.07) is 75.4. The lowest BCUT2D eigenvalue weighted by Gasteiger charge is -2.12. The molecule has 0 saturated heterocycles. The van der Waals surface area contributed by atoms with Gasteiger partial charge in [-0.3, -0.25) is 0 Å². The molecule has 0 unspecified atom stereocenters. The summed E-state index contributed by atoms with van der Waals surface area (Å²) in [4.78, 5) is 11.5. The number of rotatable bonds is 7. The van der Waals surface area contributed by atoms with Crippen molar-refractivity contribution in [3.63, 3.8) is 0 Å². The molecule has 11 rings (SSSR count). The second-order valence-electron chi connectivity index (χ2n) is 14.5. The first-order valence-electron chi connectivity index (χ1n) is 19.6. The van der Waals surface area contributed by atoms with E-state index in [4.69, 9.17) is 9.97 Å². The average molecular weight is 758 g/mol. The third-order valence-electron chi connectivity index (χ3n) is 11.1. The third-order valence-corrected chi connectivity index (χ3v) is 12.3. The molecule has 3 nitrogen and oxygen atoms in total. The monoisotopic (exact) mass is 757 g/mol. The summed E-state index contributed by atoms with van der Waals surface area (Å²) in [5.74, 6) is 0.705. The lowest BCUT2D eigenvalue weighted by atomic mass is 9.98. The number of nitrogens with zero attached hydrogens (tertiary/aromatic N) is 3. The van der Waals surface area contributed by atoms with E-state index in [9.17, 15) is 0 Å². The minimum Gasteiger partial charge on any atom is -0.309 e. The zero-order valence-electron chi connectivity index (χ0n) is 31.5. The molecular formula is C54H35N3S.